The maximum atomic E-state index is 10.7. The molecule has 2 N–H and O–H groups in total. The van der Waals surface area contributed by atoms with E-state index in [0.29, 0.717) is 4.88 Å². The van der Waals surface area contributed by atoms with Gasteiger partial charge in [0.25, 0.3) is 0 Å². The molecule has 2 heterocycles. The van der Waals surface area contributed by atoms with Crippen LogP contribution in [-0.4, -0.2) is 37.3 Å². The highest BCUT2D eigenvalue weighted by Gasteiger charge is 2.14. The summed E-state index contributed by atoms with van der Waals surface area (Å²) in [6.07, 6.45) is 0. The number of nitrogens with zero attached hydrogens (tertiary/aromatic N) is 1. The SMILES string of the molecule is O=C(O)c1cc(N2CCNCC2)cs1. The molecule has 0 unspecified atom stereocenters. The second kappa shape index (κ2) is 3.98. The lowest BCUT2D eigenvalue weighted by atomic mass is 10.3. The van der Waals surface area contributed by atoms with E-state index in [4.69, 9.17) is 5.11 Å². The van der Waals surface area contributed by atoms with Crippen molar-refractivity contribution in [1.82, 2.24) is 5.32 Å². The van der Waals surface area contributed by atoms with E-state index in [1.807, 2.05) is 5.38 Å². The fraction of sp³-hybridized carbons (Fsp3) is 0.444. The van der Waals surface area contributed by atoms with Gasteiger partial charge in [-0.2, -0.15) is 0 Å². The summed E-state index contributed by atoms with van der Waals surface area (Å²) >= 11 is 1.29. The summed E-state index contributed by atoms with van der Waals surface area (Å²) in [5, 5.41) is 13.9. The first-order chi connectivity index (χ1) is 6.77. The Bertz CT molecular complexity index is 331. The van der Waals surface area contributed by atoms with Crippen molar-refractivity contribution in [3.05, 3.63) is 16.3 Å². The zero-order valence-corrected chi connectivity index (χ0v) is 8.51. The predicted molar refractivity (Wildman–Crippen MR) is 56.4 cm³/mol. The minimum Gasteiger partial charge on any atom is -0.477 e. The predicted octanol–water partition coefficient (Wildman–Crippen LogP) is 0.856. The van der Waals surface area contributed by atoms with E-state index in [-0.39, 0.29) is 0 Å². The zero-order chi connectivity index (χ0) is 9.97. The molecule has 2 rings (SSSR count). The van der Waals surface area contributed by atoms with E-state index in [9.17, 15) is 4.79 Å². The highest BCUT2D eigenvalue weighted by molar-refractivity contribution is 7.12. The molecule has 1 saturated heterocycles. The van der Waals surface area contributed by atoms with Gasteiger partial charge in [-0.1, -0.05) is 0 Å². The molecule has 0 aliphatic carbocycles. The van der Waals surface area contributed by atoms with Crippen LogP contribution in [0.1, 0.15) is 9.67 Å². The molecular formula is C9H12N2O2S. The van der Waals surface area contributed by atoms with Gasteiger partial charge >= 0.3 is 5.97 Å². The van der Waals surface area contributed by atoms with Gasteiger partial charge in [-0.25, -0.2) is 4.79 Å². The lowest BCUT2D eigenvalue weighted by molar-refractivity contribution is 0.0702. The van der Waals surface area contributed by atoms with Crippen LogP contribution in [0.3, 0.4) is 0 Å². The van der Waals surface area contributed by atoms with Gasteiger partial charge in [0.05, 0.1) is 0 Å². The number of carboxylic acid groups (broad SMARTS) is 1. The number of carboxylic acids is 1. The zero-order valence-electron chi connectivity index (χ0n) is 7.69. The van der Waals surface area contributed by atoms with Gasteiger partial charge in [-0.15, -0.1) is 11.3 Å². The Morgan fingerprint density at radius 2 is 2.21 bits per heavy atom. The van der Waals surface area contributed by atoms with Gasteiger partial charge in [0.2, 0.25) is 0 Å². The molecule has 0 radical (unpaired) electrons. The van der Waals surface area contributed by atoms with E-state index in [2.05, 4.69) is 10.2 Å². The van der Waals surface area contributed by atoms with Crippen LogP contribution in [0.25, 0.3) is 0 Å². The fourth-order valence-electron chi connectivity index (χ4n) is 1.53. The van der Waals surface area contributed by atoms with E-state index in [0.717, 1.165) is 31.9 Å². The molecule has 14 heavy (non-hydrogen) atoms. The summed E-state index contributed by atoms with van der Waals surface area (Å²) in [5.41, 5.74) is 1.04. The average Bonchev–Trinajstić information content (AvgIpc) is 2.68. The molecule has 1 aliphatic rings. The Kier molecular flexibility index (Phi) is 2.69. The minimum atomic E-state index is -0.837. The molecule has 1 aromatic heterocycles. The summed E-state index contributed by atoms with van der Waals surface area (Å²) in [6, 6.07) is 1.75. The van der Waals surface area contributed by atoms with Crippen molar-refractivity contribution < 1.29 is 9.90 Å². The number of hydrogen-bond acceptors (Lipinski definition) is 4. The molecule has 5 heteroatoms. The maximum Gasteiger partial charge on any atom is 0.345 e. The maximum absolute atomic E-state index is 10.7. The van der Waals surface area contributed by atoms with Crippen LogP contribution in [-0.2, 0) is 0 Å². The number of carbonyl (C=O) groups is 1. The lowest BCUT2D eigenvalue weighted by Crippen LogP contribution is -2.43. The highest BCUT2D eigenvalue weighted by Crippen LogP contribution is 2.23. The summed E-state index contributed by atoms with van der Waals surface area (Å²) < 4.78 is 0. The molecule has 0 saturated carbocycles. The van der Waals surface area contributed by atoms with Crippen molar-refractivity contribution >= 4 is 23.0 Å². The first-order valence-electron chi connectivity index (χ1n) is 4.55. The minimum absolute atomic E-state index is 0.415. The Morgan fingerprint density at radius 3 is 2.79 bits per heavy atom. The van der Waals surface area contributed by atoms with Crippen LogP contribution in [0.5, 0.6) is 0 Å². The Hall–Kier alpha value is -1.07. The number of piperazine rings is 1. The highest BCUT2D eigenvalue weighted by atomic mass is 32.1. The fourth-order valence-corrected chi connectivity index (χ4v) is 2.28. The second-order valence-electron chi connectivity index (χ2n) is 3.21. The lowest BCUT2D eigenvalue weighted by Gasteiger charge is -2.28. The summed E-state index contributed by atoms with van der Waals surface area (Å²) in [7, 11) is 0. The van der Waals surface area contributed by atoms with Crippen LogP contribution < -0.4 is 10.2 Å². The Morgan fingerprint density at radius 1 is 1.50 bits per heavy atom. The summed E-state index contributed by atoms with van der Waals surface area (Å²) in [5.74, 6) is -0.837. The van der Waals surface area contributed by atoms with E-state index >= 15 is 0 Å². The normalized spacial score (nSPS) is 17.0. The third-order valence-corrected chi connectivity index (χ3v) is 3.18. The molecule has 4 nitrogen and oxygen atoms in total. The Balaban J connectivity index is 2.11. The summed E-state index contributed by atoms with van der Waals surface area (Å²) in [4.78, 5) is 13.3. The molecular weight excluding hydrogens is 200 g/mol. The van der Waals surface area contributed by atoms with Crippen molar-refractivity contribution in [2.24, 2.45) is 0 Å². The molecule has 76 valence electrons. The van der Waals surface area contributed by atoms with Gasteiger partial charge in [0, 0.05) is 37.2 Å². The molecule has 0 spiro atoms. The van der Waals surface area contributed by atoms with Gasteiger partial charge < -0.3 is 15.3 Å². The van der Waals surface area contributed by atoms with Gasteiger partial charge in [0.15, 0.2) is 0 Å². The topological polar surface area (TPSA) is 52.6 Å². The smallest absolute Gasteiger partial charge is 0.345 e. The van der Waals surface area contributed by atoms with Crippen molar-refractivity contribution in [3.8, 4) is 0 Å². The third-order valence-electron chi connectivity index (χ3n) is 2.28. The van der Waals surface area contributed by atoms with Crippen LogP contribution in [0.2, 0.25) is 0 Å². The number of thiophene rings is 1. The van der Waals surface area contributed by atoms with Crippen molar-refractivity contribution in [2.45, 2.75) is 0 Å². The van der Waals surface area contributed by atoms with Crippen LogP contribution >= 0.6 is 11.3 Å². The number of aromatic carboxylic acids is 1. The number of nitrogens with one attached hydrogen (secondary N) is 1. The van der Waals surface area contributed by atoms with Gasteiger partial charge in [0.1, 0.15) is 4.88 Å². The van der Waals surface area contributed by atoms with Gasteiger partial charge in [-0.3, -0.25) is 0 Å². The van der Waals surface area contributed by atoms with Crippen LogP contribution in [0.4, 0.5) is 5.69 Å². The largest absolute Gasteiger partial charge is 0.477 e. The van der Waals surface area contributed by atoms with Crippen LogP contribution in [0, 0.1) is 0 Å². The molecule has 1 aromatic rings. The Labute approximate surface area is 86.2 Å². The first kappa shape index (κ1) is 9.48. The van der Waals surface area contributed by atoms with Crippen LogP contribution in [0.15, 0.2) is 11.4 Å². The average molecular weight is 212 g/mol. The standard InChI is InChI=1S/C9H12N2O2S/c12-9(13)8-5-7(6-14-8)11-3-1-10-2-4-11/h5-6,10H,1-4H2,(H,12,13). The van der Waals surface area contributed by atoms with E-state index in [1.54, 1.807) is 6.07 Å². The first-order valence-corrected chi connectivity index (χ1v) is 5.43. The molecule has 0 amide bonds. The monoisotopic (exact) mass is 212 g/mol. The van der Waals surface area contributed by atoms with Crippen molar-refractivity contribution in [2.75, 3.05) is 31.1 Å². The van der Waals surface area contributed by atoms with Crippen molar-refractivity contribution in [3.63, 3.8) is 0 Å². The molecule has 1 aliphatic heterocycles. The summed E-state index contributed by atoms with van der Waals surface area (Å²) in [6.45, 7) is 3.85. The number of rotatable bonds is 2. The molecule has 1 fully saturated rings. The molecule has 0 bridgehead atoms. The van der Waals surface area contributed by atoms with E-state index in [1.165, 1.54) is 11.3 Å². The third kappa shape index (κ3) is 1.88. The quantitative estimate of drug-likeness (QED) is 0.763. The number of anilines is 1. The molecule has 0 aromatic carbocycles. The molecule has 0 atom stereocenters. The van der Waals surface area contributed by atoms with Crippen molar-refractivity contribution in [1.29, 1.82) is 0 Å². The second-order valence-corrected chi connectivity index (χ2v) is 4.12. The number of hydrogen-bond donors (Lipinski definition) is 2. The van der Waals surface area contributed by atoms with Gasteiger partial charge in [-0.05, 0) is 6.07 Å². The van der Waals surface area contributed by atoms with E-state index < -0.39 is 5.97 Å².